The minimum absolute atomic E-state index is 0.00299. The molecule has 0 spiro atoms. The number of nitrogens with one attached hydrogen (secondary N) is 1. The van der Waals surface area contributed by atoms with Gasteiger partial charge >= 0.3 is 5.97 Å². The maximum absolute atomic E-state index is 12.8. The number of nitro benzene ring substituents is 1. The van der Waals surface area contributed by atoms with Gasteiger partial charge in [-0.05, 0) is 43.0 Å². The number of benzene rings is 2. The lowest BCUT2D eigenvalue weighted by Crippen LogP contribution is -2.31. The summed E-state index contributed by atoms with van der Waals surface area (Å²) in [6, 6.07) is 12.1. The maximum atomic E-state index is 12.8. The normalized spacial score (nSPS) is 14.7. The van der Waals surface area contributed by atoms with Crippen LogP contribution in [-0.2, 0) is 30.8 Å². The monoisotopic (exact) mass is 489 g/mol. The predicted molar refractivity (Wildman–Crippen MR) is 125 cm³/mol. The van der Waals surface area contributed by atoms with Crippen molar-refractivity contribution in [3.63, 3.8) is 0 Å². The summed E-state index contributed by atoms with van der Waals surface area (Å²) < 4.78 is 32.1. The van der Waals surface area contributed by atoms with Crippen molar-refractivity contribution in [1.29, 1.82) is 0 Å². The van der Waals surface area contributed by atoms with E-state index in [0.29, 0.717) is 19.5 Å². The molecule has 11 heteroatoms. The molecule has 0 saturated carbocycles. The Morgan fingerprint density at radius 1 is 1.00 bits per heavy atom. The molecule has 1 aliphatic heterocycles. The van der Waals surface area contributed by atoms with E-state index in [1.807, 2.05) is 0 Å². The molecule has 10 nitrogen and oxygen atoms in total. The largest absolute Gasteiger partial charge is 0.456 e. The summed E-state index contributed by atoms with van der Waals surface area (Å²) in [5.74, 6) is -1.30. The van der Waals surface area contributed by atoms with Crippen LogP contribution >= 0.6 is 0 Å². The van der Waals surface area contributed by atoms with Crippen LogP contribution in [0.4, 0.5) is 11.4 Å². The average molecular weight is 490 g/mol. The molecule has 0 radical (unpaired) electrons. The molecular formula is C23H27N3O7S. The predicted octanol–water partition coefficient (Wildman–Crippen LogP) is 3.27. The van der Waals surface area contributed by atoms with E-state index >= 15 is 0 Å². The number of ether oxygens (including phenoxy) is 1. The fraction of sp³-hybridized carbons (Fsp3) is 0.391. The second-order valence-corrected chi connectivity index (χ2v) is 9.88. The Bertz CT molecular complexity index is 1130. The molecule has 0 aromatic heterocycles. The van der Waals surface area contributed by atoms with E-state index in [4.69, 9.17) is 4.74 Å². The molecule has 2 aromatic carbocycles. The first-order valence-electron chi connectivity index (χ1n) is 11.1. The van der Waals surface area contributed by atoms with Crippen LogP contribution in [0.5, 0.6) is 0 Å². The molecule has 1 saturated heterocycles. The van der Waals surface area contributed by atoms with Crippen molar-refractivity contribution < 1.29 is 27.7 Å². The maximum Gasteiger partial charge on any atom is 0.306 e. The highest BCUT2D eigenvalue weighted by Crippen LogP contribution is 2.23. The Hall–Kier alpha value is -3.31. The van der Waals surface area contributed by atoms with Gasteiger partial charge in [-0.15, -0.1) is 0 Å². The van der Waals surface area contributed by atoms with Gasteiger partial charge in [0.1, 0.15) is 5.69 Å². The van der Waals surface area contributed by atoms with Gasteiger partial charge in [-0.25, -0.2) is 8.42 Å². The summed E-state index contributed by atoms with van der Waals surface area (Å²) in [5.41, 5.74) is 0.517. The van der Waals surface area contributed by atoms with Crippen molar-refractivity contribution in [2.45, 2.75) is 43.4 Å². The van der Waals surface area contributed by atoms with Gasteiger partial charge in [0.15, 0.2) is 6.61 Å². The number of aryl methyl sites for hydroxylation is 1. The number of carbonyl (C=O) groups excluding carboxylic acids is 2. The lowest BCUT2D eigenvalue weighted by atomic mass is 10.1. The van der Waals surface area contributed by atoms with Gasteiger partial charge in [0.2, 0.25) is 10.0 Å². The van der Waals surface area contributed by atoms with Crippen molar-refractivity contribution >= 4 is 33.3 Å². The minimum Gasteiger partial charge on any atom is -0.456 e. The van der Waals surface area contributed by atoms with Crippen LogP contribution < -0.4 is 5.32 Å². The zero-order valence-corrected chi connectivity index (χ0v) is 19.5. The third-order valence-electron chi connectivity index (χ3n) is 5.48. The molecule has 1 aliphatic rings. The highest BCUT2D eigenvalue weighted by atomic mass is 32.2. The summed E-state index contributed by atoms with van der Waals surface area (Å²) in [5, 5.41) is 13.3. The third-order valence-corrected chi connectivity index (χ3v) is 7.40. The van der Waals surface area contributed by atoms with Crippen LogP contribution in [0.2, 0.25) is 0 Å². The van der Waals surface area contributed by atoms with Gasteiger partial charge in [0, 0.05) is 25.6 Å². The summed E-state index contributed by atoms with van der Waals surface area (Å²) in [6.07, 6.45) is 4.11. The van der Waals surface area contributed by atoms with Crippen LogP contribution in [0.25, 0.3) is 0 Å². The second-order valence-electron chi connectivity index (χ2n) is 7.95. The highest BCUT2D eigenvalue weighted by molar-refractivity contribution is 7.89. The van der Waals surface area contributed by atoms with Crippen molar-refractivity contribution in [1.82, 2.24) is 4.31 Å². The molecule has 0 unspecified atom stereocenters. The van der Waals surface area contributed by atoms with E-state index in [9.17, 15) is 28.1 Å². The number of hydrogen-bond acceptors (Lipinski definition) is 7. The first kappa shape index (κ1) is 25.3. The van der Waals surface area contributed by atoms with Crippen LogP contribution in [0.15, 0.2) is 53.4 Å². The van der Waals surface area contributed by atoms with E-state index in [2.05, 4.69) is 5.32 Å². The number of rotatable bonds is 9. The van der Waals surface area contributed by atoms with Crippen molar-refractivity contribution in [3.05, 3.63) is 64.2 Å². The number of para-hydroxylation sites is 2. The first-order valence-corrected chi connectivity index (χ1v) is 12.5. The Labute approximate surface area is 198 Å². The zero-order valence-electron chi connectivity index (χ0n) is 18.6. The SMILES string of the molecule is O=C(COC(=O)CCc1ccc(S(=O)(=O)N2CCCCCC2)cc1)Nc1ccccc1[N+](=O)[O-]. The van der Waals surface area contributed by atoms with Crippen molar-refractivity contribution in [2.75, 3.05) is 25.0 Å². The highest BCUT2D eigenvalue weighted by Gasteiger charge is 2.25. The quantitative estimate of drug-likeness (QED) is 0.324. The Balaban J connectivity index is 1.47. The average Bonchev–Trinajstić information content (AvgIpc) is 3.12. The van der Waals surface area contributed by atoms with E-state index in [1.165, 1.54) is 22.5 Å². The number of anilines is 1. The van der Waals surface area contributed by atoms with Gasteiger partial charge in [-0.1, -0.05) is 37.1 Å². The molecular weight excluding hydrogens is 462 g/mol. The van der Waals surface area contributed by atoms with Crippen LogP contribution in [0.3, 0.4) is 0 Å². The number of nitrogens with zero attached hydrogens (tertiary/aromatic N) is 2. The number of sulfonamides is 1. The van der Waals surface area contributed by atoms with Crippen LogP contribution in [0.1, 0.15) is 37.7 Å². The fourth-order valence-corrected chi connectivity index (χ4v) is 5.17. The minimum atomic E-state index is -3.53. The molecule has 1 heterocycles. The smallest absolute Gasteiger partial charge is 0.306 e. The van der Waals surface area contributed by atoms with Crippen LogP contribution in [-0.4, -0.2) is 49.2 Å². The number of esters is 1. The Kier molecular flexibility index (Phi) is 8.72. The third kappa shape index (κ3) is 6.84. The topological polar surface area (TPSA) is 136 Å². The number of carbonyl (C=O) groups is 2. The molecule has 1 amide bonds. The van der Waals surface area contributed by atoms with Gasteiger partial charge in [-0.2, -0.15) is 4.31 Å². The Morgan fingerprint density at radius 2 is 1.65 bits per heavy atom. The van der Waals surface area contributed by atoms with Crippen molar-refractivity contribution in [3.8, 4) is 0 Å². The summed E-state index contributed by atoms with van der Waals surface area (Å²) in [7, 11) is -3.53. The van der Waals surface area contributed by atoms with Crippen LogP contribution in [0, 0.1) is 10.1 Å². The number of nitro groups is 1. The second kappa shape index (κ2) is 11.7. The number of hydrogen-bond donors (Lipinski definition) is 1. The summed E-state index contributed by atoms with van der Waals surface area (Å²) in [6.45, 7) is 0.486. The summed E-state index contributed by atoms with van der Waals surface area (Å²) in [4.78, 5) is 34.6. The summed E-state index contributed by atoms with van der Waals surface area (Å²) >= 11 is 0. The van der Waals surface area contributed by atoms with Gasteiger partial charge in [-0.3, -0.25) is 19.7 Å². The molecule has 0 atom stereocenters. The molecule has 34 heavy (non-hydrogen) atoms. The molecule has 1 fully saturated rings. The molecule has 1 N–H and O–H groups in total. The van der Waals surface area contributed by atoms with Gasteiger partial charge < -0.3 is 10.1 Å². The van der Waals surface area contributed by atoms with E-state index in [0.717, 1.165) is 31.2 Å². The number of amides is 1. The lowest BCUT2D eigenvalue weighted by molar-refractivity contribution is -0.383. The van der Waals surface area contributed by atoms with E-state index in [1.54, 1.807) is 30.3 Å². The van der Waals surface area contributed by atoms with Gasteiger partial charge in [0.05, 0.1) is 9.82 Å². The molecule has 0 aliphatic carbocycles. The van der Waals surface area contributed by atoms with E-state index in [-0.39, 0.29) is 22.7 Å². The molecule has 3 rings (SSSR count). The van der Waals surface area contributed by atoms with Crippen molar-refractivity contribution in [2.24, 2.45) is 0 Å². The molecule has 2 aromatic rings. The Morgan fingerprint density at radius 3 is 2.29 bits per heavy atom. The standard InChI is InChI=1S/C23H27N3O7S/c27-22(24-20-7-3-4-8-21(20)26(29)30)17-33-23(28)14-11-18-9-12-19(13-10-18)34(31,32)25-15-5-1-2-6-16-25/h3-4,7-10,12-13H,1-2,5-6,11,14-17H2,(H,24,27). The van der Waals surface area contributed by atoms with Gasteiger partial charge in [0.25, 0.3) is 11.6 Å². The molecule has 182 valence electrons. The zero-order chi connectivity index (χ0) is 24.6. The fourth-order valence-electron chi connectivity index (χ4n) is 3.65. The molecule has 0 bridgehead atoms. The lowest BCUT2D eigenvalue weighted by Gasteiger charge is -2.20. The first-order chi connectivity index (χ1) is 16.3. The van der Waals surface area contributed by atoms with E-state index < -0.39 is 33.4 Å².